The third-order valence-corrected chi connectivity index (χ3v) is 5.33. The van der Waals surface area contributed by atoms with Gasteiger partial charge < -0.3 is 15.0 Å². The number of nitrogens with one attached hydrogen (secondary N) is 1. The van der Waals surface area contributed by atoms with Gasteiger partial charge >= 0.3 is 0 Å². The Morgan fingerprint density at radius 1 is 1.17 bits per heavy atom. The second kappa shape index (κ2) is 12.0. The van der Waals surface area contributed by atoms with E-state index in [0.29, 0.717) is 30.2 Å². The number of rotatable bonds is 10. The highest BCUT2D eigenvalue weighted by Crippen LogP contribution is 2.27. The fourth-order valence-corrected chi connectivity index (χ4v) is 3.82. The lowest BCUT2D eigenvalue weighted by Crippen LogP contribution is -2.52. The molecule has 0 saturated carbocycles. The lowest BCUT2D eigenvalue weighted by Gasteiger charge is -2.31. The molecule has 0 aliphatic rings. The Bertz CT molecular complexity index is 846. The van der Waals surface area contributed by atoms with Crippen molar-refractivity contribution in [2.24, 2.45) is 0 Å². The summed E-state index contributed by atoms with van der Waals surface area (Å²) in [6, 6.07) is 14.5. The molecule has 0 heterocycles. The maximum atomic E-state index is 13.1. The number of benzene rings is 2. The molecule has 0 aliphatic heterocycles. The first-order chi connectivity index (χ1) is 14.3. The zero-order valence-electron chi connectivity index (χ0n) is 17.5. The molecule has 2 amide bonds. The quantitative estimate of drug-likeness (QED) is 0.512. The summed E-state index contributed by atoms with van der Waals surface area (Å²) in [5.41, 5.74) is 1.10. The minimum Gasteiger partial charge on any atom is -0.482 e. The largest absolute Gasteiger partial charge is 0.482 e. The van der Waals surface area contributed by atoms with Crippen molar-refractivity contribution in [1.82, 2.24) is 10.2 Å². The van der Waals surface area contributed by atoms with E-state index in [2.05, 4.69) is 21.2 Å². The molecule has 0 spiro atoms. The molecule has 162 valence electrons. The highest BCUT2D eigenvalue weighted by molar-refractivity contribution is 9.10. The van der Waals surface area contributed by atoms with Crippen molar-refractivity contribution in [3.8, 4) is 5.75 Å². The van der Waals surface area contributed by atoms with E-state index >= 15 is 0 Å². The summed E-state index contributed by atoms with van der Waals surface area (Å²) < 4.78 is 6.49. The molecule has 0 fully saturated rings. The molecule has 0 aliphatic carbocycles. The van der Waals surface area contributed by atoms with Crippen LogP contribution in [0.2, 0.25) is 5.02 Å². The minimum atomic E-state index is -0.562. The van der Waals surface area contributed by atoms with E-state index in [1.807, 2.05) is 51.1 Å². The number of carbonyl (C=O) groups excluding carboxylic acids is 2. The van der Waals surface area contributed by atoms with Crippen LogP contribution in [0.1, 0.15) is 32.8 Å². The van der Waals surface area contributed by atoms with E-state index in [-0.39, 0.29) is 24.5 Å². The lowest BCUT2D eigenvalue weighted by molar-refractivity contribution is -0.142. The van der Waals surface area contributed by atoms with Crippen LogP contribution in [0.25, 0.3) is 0 Å². The van der Waals surface area contributed by atoms with E-state index in [1.165, 1.54) is 0 Å². The lowest BCUT2D eigenvalue weighted by atomic mass is 10.1. The smallest absolute Gasteiger partial charge is 0.261 e. The summed E-state index contributed by atoms with van der Waals surface area (Å²) in [5, 5.41) is 3.33. The average molecular weight is 496 g/mol. The van der Waals surface area contributed by atoms with Crippen molar-refractivity contribution in [1.29, 1.82) is 0 Å². The Hall–Kier alpha value is -2.05. The Balaban J connectivity index is 2.14. The molecule has 1 N–H and O–H groups in total. The molecule has 5 nitrogen and oxygen atoms in total. The van der Waals surface area contributed by atoms with Crippen LogP contribution in [-0.2, 0) is 16.0 Å². The number of nitrogens with zero attached hydrogens (tertiary/aromatic N) is 1. The Labute approximate surface area is 191 Å². The molecule has 0 aromatic heterocycles. The van der Waals surface area contributed by atoms with Crippen LogP contribution in [0.3, 0.4) is 0 Å². The number of ether oxygens (including phenoxy) is 1. The summed E-state index contributed by atoms with van der Waals surface area (Å²) in [7, 11) is 0. The van der Waals surface area contributed by atoms with Gasteiger partial charge in [0, 0.05) is 17.1 Å². The summed E-state index contributed by atoms with van der Waals surface area (Å²) in [4.78, 5) is 27.4. The van der Waals surface area contributed by atoms with Gasteiger partial charge in [-0.15, -0.1) is 0 Å². The van der Waals surface area contributed by atoms with Crippen molar-refractivity contribution in [2.45, 2.75) is 45.7 Å². The maximum absolute atomic E-state index is 13.1. The standard InChI is InChI=1S/C23H28BrClN2O3/c1-4-20(23(29)26-16(2)3)27(13-12-17-8-6-5-7-9-17)22(28)15-30-21-11-10-18(24)14-19(21)25/h5-11,14,16,20H,4,12-13,15H2,1-3H3,(H,26,29)/t20-/m1/s1. The van der Waals surface area contributed by atoms with Gasteiger partial charge in [-0.3, -0.25) is 9.59 Å². The van der Waals surface area contributed by atoms with Crippen molar-refractivity contribution in [3.05, 3.63) is 63.6 Å². The van der Waals surface area contributed by atoms with Gasteiger partial charge in [0.15, 0.2) is 6.61 Å². The van der Waals surface area contributed by atoms with Crippen molar-refractivity contribution >= 4 is 39.3 Å². The van der Waals surface area contributed by atoms with Gasteiger partial charge in [0.2, 0.25) is 5.91 Å². The predicted molar refractivity (Wildman–Crippen MR) is 124 cm³/mol. The molecule has 2 aromatic carbocycles. The molecule has 0 bridgehead atoms. The third-order valence-electron chi connectivity index (χ3n) is 4.55. The van der Waals surface area contributed by atoms with E-state index in [4.69, 9.17) is 16.3 Å². The van der Waals surface area contributed by atoms with E-state index in [0.717, 1.165) is 10.0 Å². The molecule has 30 heavy (non-hydrogen) atoms. The first-order valence-corrected chi connectivity index (χ1v) is 11.2. The molecular formula is C23H28BrClN2O3. The molecule has 7 heteroatoms. The predicted octanol–water partition coefficient (Wildman–Crippen LogP) is 4.86. The second-order valence-corrected chi connectivity index (χ2v) is 8.60. The zero-order chi connectivity index (χ0) is 22.1. The Morgan fingerprint density at radius 2 is 1.87 bits per heavy atom. The molecule has 0 radical (unpaired) electrons. The number of hydrogen-bond donors (Lipinski definition) is 1. The van der Waals surface area contributed by atoms with Crippen LogP contribution in [0.5, 0.6) is 5.75 Å². The van der Waals surface area contributed by atoms with Crippen LogP contribution < -0.4 is 10.1 Å². The van der Waals surface area contributed by atoms with Crippen molar-refractivity contribution < 1.29 is 14.3 Å². The van der Waals surface area contributed by atoms with Crippen molar-refractivity contribution in [2.75, 3.05) is 13.2 Å². The van der Waals surface area contributed by atoms with Gasteiger partial charge in [-0.25, -0.2) is 0 Å². The monoisotopic (exact) mass is 494 g/mol. The Kier molecular flexibility index (Phi) is 9.66. The summed E-state index contributed by atoms with van der Waals surface area (Å²) in [6.45, 7) is 5.94. The fraction of sp³-hybridized carbons (Fsp3) is 0.391. The normalized spacial score (nSPS) is 11.8. The summed E-state index contributed by atoms with van der Waals surface area (Å²) >= 11 is 9.53. The van der Waals surface area contributed by atoms with Crippen LogP contribution in [0, 0.1) is 0 Å². The Morgan fingerprint density at radius 3 is 2.47 bits per heavy atom. The van der Waals surface area contributed by atoms with Crippen LogP contribution in [-0.4, -0.2) is 41.9 Å². The van der Waals surface area contributed by atoms with Crippen molar-refractivity contribution in [3.63, 3.8) is 0 Å². The highest BCUT2D eigenvalue weighted by atomic mass is 79.9. The van der Waals surface area contributed by atoms with Gasteiger partial charge in [-0.05, 0) is 50.5 Å². The van der Waals surface area contributed by atoms with Crippen LogP contribution >= 0.6 is 27.5 Å². The summed E-state index contributed by atoms with van der Waals surface area (Å²) in [5.74, 6) is 0.0159. The van der Waals surface area contributed by atoms with Crippen LogP contribution in [0.15, 0.2) is 53.0 Å². The topological polar surface area (TPSA) is 58.6 Å². The molecular weight excluding hydrogens is 468 g/mol. The SMILES string of the molecule is CC[C@H](C(=O)NC(C)C)N(CCc1ccccc1)C(=O)COc1ccc(Br)cc1Cl. The first-order valence-electron chi connectivity index (χ1n) is 10.0. The highest BCUT2D eigenvalue weighted by Gasteiger charge is 2.29. The van der Waals surface area contributed by atoms with Gasteiger partial charge in [-0.1, -0.05) is 64.8 Å². The number of halogens is 2. The summed E-state index contributed by atoms with van der Waals surface area (Å²) in [6.07, 6.45) is 1.16. The molecule has 2 rings (SSSR count). The van der Waals surface area contributed by atoms with Crippen LogP contribution in [0.4, 0.5) is 0 Å². The van der Waals surface area contributed by atoms with E-state index in [1.54, 1.807) is 23.1 Å². The molecule has 1 atom stereocenters. The van der Waals surface area contributed by atoms with E-state index < -0.39 is 6.04 Å². The van der Waals surface area contributed by atoms with E-state index in [9.17, 15) is 9.59 Å². The zero-order valence-corrected chi connectivity index (χ0v) is 19.9. The van der Waals surface area contributed by atoms with Gasteiger partial charge in [0.25, 0.3) is 5.91 Å². The minimum absolute atomic E-state index is 0.00422. The third kappa shape index (κ3) is 7.33. The second-order valence-electron chi connectivity index (χ2n) is 7.27. The average Bonchev–Trinajstić information content (AvgIpc) is 2.70. The van der Waals surface area contributed by atoms with Gasteiger partial charge in [0.05, 0.1) is 5.02 Å². The van der Waals surface area contributed by atoms with Gasteiger partial charge in [0.1, 0.15) is 11.8 Å². The first kappa shape index (κ1) is 24.2. The molecule has 0 unspecified atom stereocenters. The maximum Gasteiger partial charge on any atom is 0.261 e. The number of hydrogen-bond acceptors (Lipinski definition) is 3. The molecule has 0 saturated heterocycles. The fourth-order valence-electron chi connectivity index (χ4n) is 3.09. The number of carbonyl (C=O) groups is 2. The molecule has 2 aromatic rings. The van der Waals surface area contributed by atoms with Gasteiger partial charge in [-0.2, -0.15) is 0 Å². The number of amides is 2.